The molecule has 0 bridgehead atoms. The number of nitrogens with one attached hydrogen (secondary N) is 2. The zero-order valence-electron chi connectivity index (χ0n) is 13.9. The summed E-state index contributed by atoms with van der Waals surface area (Å²) in [4.78, 5) is 29.7. The number of rotatable bonds is 4. The molecule has 1 amide bonds. The fraction of sp³-hybridized carbons (Fsp3) is 0.0526. The average molecular weight is 397 g/mol. The molecule has 4 aromatic rings. The normalized spacial score (nSPS) is 10.9. The number of benzene rings is 2. The molecule has 0 aliphatic heterocycles. The molecule has 0 atom stereocenters. The second-order valence-corrected chi connectivity index (χ2v) is 7.39. The second kappa shape index (κ2) is 7.30. The molecule has 27 heavy (non-hydrogen) atoms. The Morgan fingerprint density at radius 3 is 2.63 bits per heavy atom. The number of fused-ring (bicyclic) bond motifs is 1. The van der Waals surface area contributed by atoms with Crippen molar-refractivity contribution in [3.63, 3.8) is 0 Å². The van der Waals surface area contributed by atoms with Crippen LogP contribution in [0.25, 0.3) is 10.8 Å². The maximum atomic E-state index is 12.6. The van der Waals surface area contributed by atoms with Crippen LogP contribution in [-0.2, 0) is 6.42 Å². The lowest BCUT2D eigenvalue weighted by Gasteiger charge is -2.04. The number of amides is 1. The van der Waals surface area contributed by atoms with E-state index in [1.54, 1.807) is 30.5 Å². The van der Waals surface area contributed by atoms with Crippen LogP contribution in [-0.4, -0.2) is 21.1 Å². The van der Waals surface area contributed by atoms with Crippen molar-refractivity contribution < 1.29 is 4.79 Å². The number of nitrogens with zero attached hydrogens (tertiary/aromatic N) is 2. The van der Waals surface area contributed by atoms with Gasteiger partial charge in [-0.2, -0.15) is 5.10 Å². The highest BCUT2D eigenvalue weighted by Gasteiger charge is 2.15. The smallest absolute Gasteiger partial charge is 0.278 e. The van der Waals surface area contributed by atoms with Gasteiger partial charge in [-0.15, -0.1) is 11.3 Å². The molecule has 0 aliphatic rings. The minimum atomic E-state index is -0.421. The van der Waals surface area contributed by atoms with Crippen LogP contribution in [0.5, 0.6) is 0 Å². The summed E-state index contributed by atoms with van der Waals surface area (Å²) < 4.78 is 0. The number of hydrogen-bond donors (Lipinski definition) is 2. The Morgan fingerprint density at radius 2 is 1.85 bits per heavy atom. The summed E-state index contributed by atoms with van der Waals surface area (Å²) in [6, 6.07) is 14.4. The van der Waals surface area contributed by atoms with Crippen molar-refractivity contribution in [2.75, 3.05) is 5.32 Å². The maximum absolute atomic E-state index is 12.6. The van der Waals surface area contributed by atoms with Crippen molar-refractivity contribution in [2.24, 2.45) is 0 Å². The predicted octanol–water partition coefficient (Wildman–Crippen LogP) is 3.88. The molecule has 0 aliphatic carbocycles. The van der Waals surface area contributed by atoms with E-state index in [2.05, 4.69) is 20.5 Å². The third kappa shape index (κ3) is 3.74. The highest BCUT2D eigenvalue weighted by atomic mass is 35.5. The highest BCUT2D eigenvalue weighted by Crippen LogP contribution is 2.23. The van der Waals surface area contributed by atoms with Gasteiger partial charge >= 0.3 is 0 Å². The lowest BCUT2D eigenvalue weighted by molar-refractivity contribution is 0.102. The number of thiazole rings is 1. The minimum absolute atomic E-state index is 0.152. The maximum Gasteiger partial charge on any atom is 0.278 e. The Hall–Kier alpha value is -3.03. The van der Waals surface area contributed by atoms with Crippen LogP contribution >= 0.6 is 22.9 Å². The fourth-order valence-electron chi connectivity index (χ4n) is 2.69. The summed E-state index contributed by atoms with van der Waals surface area (Å²) in [5.41, 5.74) is 0.926. The molecule has 2 heterocycles. The van der Waals surface area contributed by atoms with Crippen LogP contribution in [0.1, 0.15) is 20.9 Å². The fourth-order valence-corrected chi connectivity index (χ4v) is 3.66. The Morgan fingerprint density at radius 1 is 1.11 bits per heavy atom. The van der Waals surface area contributed by atoms with Gasteiger partial charge in [0, 0.05) is 27.9 Å². The van der Waals surface area contributed by atoms with Gasteiger partial charge in [0.2, 0.25) is 0 Å². The van der Waals surface area contributed by atoms with Crippen LogP contribution in [0.3, 0.4) is 0 Å². The largest absolute Gasteiger partial charge is 0.296 e. The molecule has 4 rings (SSSR count). The molecule has 8 heteroatoms. The SMILES string of the molecule is O=C(Nc1ncc(Cc2ccc(Cl)cc2)s1)c1n[nH]c(=O)c2ccccc12. The first kappa shape index (κ1) is 17.4. The molecule has 0 spiro atoms. The number of H-pyrrole nitrogens is 1. The van der Waals surface area contributed by atoms with E-state index in [1.807, 2.05) is 24.3 Å². The van der Waals surface area contributed by atoms with Gasteiger partial charge in [-0.05, 0) is 23.8 Å². The van der Waals surface area contributed by atoms with Crippen molar-refractivity contribution in [1.29, 1.82) is 0 Å². The van der Waals surface area contributed by atoms with Crippen molar-refractivity contribution in [1.82, 2.24) is 15.2 Å². The van der Waals surface area contributed by atoms with Crippen LogP contribution in [0.2, 0.25) is 5.02 Å². The summed E-state index contributed by atoms with van der Waals surface area (Å²) in [6.07, 6.45) is 2.43. The highest BCUT2D eigenvalue weighted by molar-refractivity contribution is 7.15. The van der Waals surface area contributed by atoms with Gasteiger partial charge in [0.05, 0.1) is 5.39 Å². The van der Waals surface area contributed by atoms with Gasteiger partial charge in [0.1, 0.15) is 0 Å². The van der Waals surface area contributed by atoms with Gasteiger partial charge in [-0.25, -0.2) is 10.1 Å². The summed E-state index contributed by atoms with van der Waals surface area (Å²) in [7, 11) is 0. The molecule has 2 aromatic carbocycles. The Balaban J connectivity index is 1.54. The van der Waals surface area contributed by atoms with Crippen molar-refractivity contribution in [2.45, 2.75) is 6.42 Å². The van der Waals surface area contributed by atoms with Crippen molar-refractivity contribution in [3.8, 4) is 0 Å². The molecule has 0 radical (unpaired) electrons. The van der Waals surface area contributed by atoms with E-state index in [1.165, 1.54) is 11.3 Å². The quantitative estimate of drug-likeness (QED) is 0.548. The topological polar surface area (TPSA) is 87.7 Å². The van der Waals surface area contributed by atoms with Gasteiger partial charge < -0.3 is 0 Å². The predicted molar refractivity (Wildman–Crippen MR) is 107 cm³/mol. The molecule has 0 fully saturated rings. The van der Waals surface area contributed by atoms with Crippen LogP contribution in [0.4, 0.5) is 5.13 Å². The van der Waals surface area contributed by atoms with E-state index in [9.17, 15) is 9.59 Å². The van der Waals surface area contributed by atoms with E-state index in [0.717, 1.165) is 10.4 Å². The average Bonchev–Trinajstić information content (AvgIpc) is 3.11. The molecular weight excluding hydrogens is 384 g/mol. The molecule has 0 unspecified atom stereocenters. The summed E-state index contributed by atoms with van der Waals surface area (Å²) in [6.45, 7) is 0. The molecule has 2 aromatic heterocycles. The summed E-state index contributed by atoms with van der Waals surface area (Å²) >= 11 is 7.29. The first-order chi connectivity index (χ1) is 13.1. The van der Waals surface area contributed by atoms with E-state index in [0.29, 0.717) is 27.3 Å². The van der Waals surface area contributed by atoms with Crippen LogP contribution < -0.4 is 10.9 Å². The monoisotopic (exact) mass is 396 g/mol. The minimum Gasteiger partial charge on any atom is -0.296 e. The number of anilines is 1. The lowest BCUT2D eigenvalue weighted by Crippen LogP contribution is -2.19. The Labute approximate surface area is 162 Å². The molecule has 0 saturated heterocycles. The summed E-state index contributed by atoms with van der Waals surface area (Å²) in [5.74, 6) is -0.421. The number of carbonyl (C=O) groups excluding carboxylic acids is 1. The van der Waals surface area contributed by atoms with E-state index in [-0.39, 0.29) is 11.3 Å². The van der Waals surface area contributed by atoms with Crippen LogP contribution in [0.15, 0.2) is 59.5 Å². The molecule has 134 valence electrons. The third-order valence-corrected chi connectivity index (χ3v) is 5.14. The lowest BCUT2D eigenvalue weighted by atomic mass is 10.1. The number of carbonyl (C=O) groups is 1. The zero-order chi connectivity index (χ0) is 18.8. The van der Waals surface area contributed by atoms with Gasteiger partial charge in [0.25, 0.3) is 11.5 Å². The number of hydrogen-bond acceptors (Lipinski definition) is 5. The second-order valence-electron chi connectivity index (χ2n) is 5.84. The van der Waals surface area contributed by atoms with Crippen molar-refractivity contribution in [3.05, 3.63) is 86.2 Å². The van der Waals surface area contributed by atoms with Gasteiger partial charge in [-0.1, -0.05) is 41.9 Å². The van der Waals surface area contributed by atoms with Gasteiger partial charge in [-0.3, -0.25) is 14.9 Å². The van der Waals surface area contributed by atoms with E-state index < -0.39 is 5.91 Å². The molecule has 6 nitrogen and oxygen atoms in total. The summed E-state index contributed by atoms with van der Waals surface area (Å²) in [5, 5.41) is 11.1. The Kier molecular flexibility index (Phi) is 4.70. The number of aromatic amines is 1. The first-order valence-corrected chi connectivity index (χ1v) is 9.27. The first-order valence-electron chi connectivity index (χ1n) is 8.08. The van der Waals surface area contributed by atoms with Crippen molar-refractivity contribution >= 4 is 44.7 Å². The van der Waals surface area contributed by atoms with E-state index >= 15 is 0 Å². The number of halogens is 1. The van der Waals surface area contributed by atoms with Gasteiger partial charge in [0.15, 0.2) is 10.8 Å². The Bertz CT molecular complexity index is 1180. The standard InChI is InChI=1S/C19H13ClN4O2S/c20-12-7-5-11(6-8-12)9-13-10-21-19(27-13)22-18(26)16-14-3-1-2-4-15(14)17(25)24-23-16/h1-8,10H,9H2,(H,24,25)(H,21,22,26). The zero-order valence-corrected chi connectivity index (χ0v) is 15.5. The molecular formula is C19H13ClN4O2S. The third-order valence-electron chi connectivity index (χ3n) is 3.98. The molecule has 2 N–H and O–H groups in total. The van der Waals surface area contributed by atoms with Crippen LogP contribution in [0, 0.1) is 0 Å². The van der Waals surface area contributed by atoms with E-state index in [4.69, 9.17) is 11.6 Å². The number of aromatic nitrogens is 3. The molecule has 0 saturated carbocycles.